The molecule has 0 unspecified atom stereocenters. The number of hydrogen-bond donors (Lipinski definition) is 1. The fraction of sp³-hybridized carbons (Fsp3) is 0.235. The first-order valence-corrected chi connectivity index (χ1v) is 7.14. The van der Waals surface area contributed by atoms with Gasteiger partial charge in [-0.05, 0) is 30.7 Å². The van der Waals surface area contributed by atoms with Crippen molar-refractivity contribution in [3.8, 4) is 11.5 Å². The third kappa shape index (κ3) is 4.95. The van der Waals surface area contributed by atoms with E-state index >= 15 is 0 Å². The minimum atomic E-state index is -2.95. The number of ether oxygens (including phenoxy) is 2. The standard InChI is InChI=1S/C17H17F2NO3/c1-2-22-15-10-13(8-9-14(15)23-17(18)19)16(21)20-11-12-6-4-3-5-7-12/h3-10,17H,2,11H2,1H3,(H,20,21). The van der Waals surface area contributed by atoms with E-state index in [1.165, 1.54) is 18.2 Å². The summed E-state index contributed by atoms with van der Waals surface area (Å²) in [4.78, 5) is 12.2. The highest BCUT2D eigenvalue weighted by atomic mass is 19.3. The van der Waals surface area contributed by atoms with E-state index in [2.05, 4.69) is 10.1 Å². The van der Waals surface area contributed by atoms with E-state index in [0.29, 0.717) is 12.1 Å². The summed E-state index contributed by atoms with van der Waals surface area (Å²) in [7, 11) is 0. The minimum absolute atomic E-state index is 0.0959. The van der Waals surface area contributed by atoms with Crippen LogP contribution in [0.4, 0.5) is 8.78 Å². The highest BCUT2D eigenvalue weighted by Gasteiger charge is 2.14. The molecule has 2 aromatic carbocycles. The number of carbonyl (C=O) groups excluding carboxylic acids is 1. The number of hydrogen-bond acceptors (Lipinski definition) is 3. The van der Waals surface area contributed by atoms with Crippen molar-refractivity contribution in [1.82, 2.24) is 5.32 Å². The lowest BCUT2D eigenvalue weighted by Crippen LogP contribution is -2.22. The Balaban J connectivity index is 2.09. The maximum Gasteiger partial charge on any atom is 0.387 e. The van der Waals surface area contributed by atoms with Gasteiger partial charge in [0.05, 0.1) is 6.61 Å². The Morgan fingerprint density at radius 1 is 1.13 bits per heavy atom. The first kappa shape index (κ1) is 16.7. The average Bonchev–Trinajstić information content (AvgIpc) is 2.55. The van der Waals surface area contributed by atoms with Gasteiger partial charge >= 0.3 is 6.61 Å². The van der Waals surface area contributed by atoms with Crippen molar-refractivity contribution >= 4 is 5.91 Å². The summed E-state index contributed by atoms with van der Waals surface area (Å²) in [6.07, 6.45) is 0. The van der Waals surface area contributed by atoms with Gasteiger partial charge in [0.1, 0.15) is 0 Å². The summed E-state index contributed by atoms with van der Waals surface area (Å²) in [6.45, 7) is -0.589. The van der Waals surface area contributed by atoms with Crippen LogP contribution in [-0.2, 0) is 6.54 Å². The van der Waals surface area contributed by atoms with Gasteiger partial charge in [0, 0.05) is 12.1 Å². The van der Waals surface area contributed by atoms with Gasteiger partial charge < -0.3 is 14.8 Å². The molecule has 0 radical (unpaired) electrons. The second kappa shape index (κ2) is 8.12. The SMILES string of the molecule is CCOc1cc(C(=O)NCc2ccccc2)ccc1OC(F)F. The van der Waals surface area contributed by atoms with Crippen molar-refractivity contribution in [2.24, 2.45) is 0 Å². The van der Waals surface area contributed by atoms with Crippen LogP contribution in [0.1, 0.15) is 22.8 Å². The van der Waals surface area contributed by atoms with E-state index in [0.717, 1.165) is 5.56 Å². The second-order valence-corrected chi connectivity index (χ2v) is 4.64. The summed E-state index contributed by atoms with van der Waals surface area (Å²) in [5.74, 6) is -0.306. The lowest BCUT2D eigenvalue weighted by Gasteiger charge is -2.13. The van der Waals surface area contributed by atoms with Gasteiger partial charge in [-0.1, -0.05) is 30.3 Å². The van der Waals surface area contributed by atoms with E-state index in [-0.39, 0.29) is 24.0 Å². The van der Waals surface area contributed by atoms with Crippen LogP contribution in [0.15, 0.2) is 48.5 Å². The number of alkyl halides is 2. The van der Waals surface area contributed by atoms with E-state index in [9.17, 15) is 13.6 Å². The number of carbonyl (C=O) groups is 1. The molecule has 122 valence electrons. The zero-order valence-electron chi connectivity index (χ0n) is 12.6. The maximum atomic E-state index is 12.4. The van der Waals surface area contributed by atoms with Gasteiger partial charge in [-0.15, -0.1) is 0 Å². The molecule has 0 atom stereocenters. The Labute approximate surface area is 133 Å². The predicted molar refractivity (Wildman–Crippen MR) is 81.9 cm³/mol. The van der Waals surface area contributed by atoms with Crippen LogP contribution in [-0.4, -0.2) is 19.1 Å². The number of nitrogens with one attached hydrogen (secondary N) is 1. The minimum Gasteiger partial charge on any atom is -0.490 e. The van der Waals surface area contributed by atoms with Crippen molar-refractivity contribution in [1.29, 1.82) is 0 Å². The topological polar surface area (TPSA) is 47.6 Å². The maximum absolute atomic E-state index is 12.4. The Kier molecular flexibility index (Phi) is 5.91. The number of halogens is 2. The van der Waals surface area contributed by atoms with Gasteiger partial charge in [0.15, 0.2) is 11.5 Å². The van der Waals surface area contributed by atoms with Crippen LogP contribution in [0.25, 0.3) is 0 Å². The molecule has 0 aliphatic heterocycles. The van der Waals surface area contributed by atoms with Gasteiger partial charge in [-0.2, -0.15) is 8.78 Å². The molecular formula is C17H17F2NO3. The lowest BCUT2D eigenvalue weighted by molar-refractivity contribution is -0.0514. The van der Waals surface area contributed by atoms with Crippen molar-refractivity contribution in [2.45, 2.75) is 20.1 Å². The second-order valence-electron chi connectivity index (χ2n) is 4.64. The summed E-state index contributed by atoms with van der Waals surface area (Å²) in [5.41, 5.74) is 1.27. The molecular weight excluding hydrogens is 304 g/mol. The van der Waals surface area contributed by atoms with Crippen LogP contribution < -0.4 is 14.8 Å². The van der Waals surface area contributed by atoms with Crippen LogP contribution in [0.3, 0.4) is 0 Å². The van der Waals surface area contributed by atoms with E-state index in [4.69, 9.17) is 4.74 Å². The largest absolute Gasteiger partial charge is 0.490 e. The third-order valence-corrected chi connectivity index (χ3v) is 3.02. The Morgan fingerprint density at radius 2 is 1.87 bits per heavy atom. The van der Waals surface area contributed by atoms with Crippen LogP contribution in [0, 0.1) is 0 Å². The molecule has 0 aliphatic rings. The molecule has 1 N–H and O–H groups in total. The zero-order valence-corrected chi connectivity index (χ0v) is 12.6. The van der Waals surface area contributed by atoms with Crippen molar-refractivity contribution in [3.05, 3.63) is 59.7 Å². The first-order chi connectivity index (χ1) is 11.1. The predicted octanol–water partition coefficient (Wildman–Crippen LogP) is 3.62. The van der Waals surface area contributed by atoms with Gasteiger partial charge in [0.2, 0.25) is 0 Å². The molecule has 6 heteroatoms. The molecule has 0 aliphatic carbocycles. The van der Waals surface area contributed by atoms with Crippen molar-refractivity contribution in [3.63, 3.8) is 0 Å². The smallest absolute Gasteiger partial charge is 0.387 e. The Hall–Kier alpha value is -2.63. The molecule has 0 spiro atoms. The molecule has 0 fully saturated rings. The Morgan fingerprint density at radius 3 is 2.52 bits per heavy atom. The van der Waals surface area contributed by atoms with Gasteiger partial charge in [0.25, 0.3) is 5.91 Å². The van der Waals surface area contributed by atoms with Gasteiger partial charge in [-0.25, -0.2) is 0 Å². The highest BCUT2D eigenvalue weighted by Crippen LogP contribution is 2.29. The molecule has 4 nitrogen and oxygen atoms in total. The summed E-state index contributed by atoms with van der Waals surface area (Å²) >= 11 is 0. The quantitative estimate of drug-likeness (QED) is 0.847. The van der Waals surface area contributed by atoms with E-state index in [1.807, 2.05) is 30.3 Å². The third-order valence-electron chi connectivity index (χ3n) is 3.02. The molecule has 2 aromatic rings. The molecule has 1 amide bonds. The summed E-state index contributed by atoms with van der Waals surface area (Å²) in [5, 5.41) is 2.76. The molecule has 2 rings (SSSR count). The highest BCUT2D eigenvalue weighted by molar-refractivity contribution is 5.94. The zero-order chi connectivity index (χ0) is 16.7. The lowest BCUT2D eigenvalue weighted by atomic mass is 10.1. The van der Waals surface area contributed by atoms with E-state index in [1.54, 1.807) is 6.92 Å². The molecule has 0 heterocycles. The fourth-order valence-corrected chi connectivity index (χ4v) is 1.99. The number of amides is 1. The normalized spacial score (nSPS) is 10.4. The van der Waals surface area contributed by atoms with E-state index < -0.39 is 6.61 Å². The van der Waals surface area contributed by atoms with Crippen LogP contribution in [0.2, 0.25) is 0 Å². The molecule has 0 bridgehead atoms. The van der Waals surface area contributed by atoms with Gasteiger partial charge in [-0.3, -0.25) is 4.79 Å². The number of benzene rings is 2. The molecule has 0 saturated heterocycles. The number of rotatable bonds is 7. The van der Waals surface area contributed by atoms with Crippen molar-refractivity contribution in [2.75, 3.05) is 6.61 Å². The molecule has 23 heavy (non-hydrogen) atoms. The monoisotopic (exact) mass is 321 g/mol. The average molecular weight is 321 g/mol. The fourth-order valence-electron chi connectivity index (χ4n) is 1.99. The Bertz CT molecular complexity index is 648. The first-order valence-electron chi connectivity index (χ1n) is 7.14. The van der Waals surface area contributed by atoms with Crippen molar-refractivity contribution < 1.29 is 23.0 Å². The summed E-state index contributed by atoms with van der Waals surface area (Å²) in [6, 6.07) is 13.5. The molecule has 0 aromatic heterocycles. The van der Waals surface area contributed by atoms with Crippen LogP contribution >= 0.6 is 0 Å². The molecule has 0 saturated carbocycles. The summed E-state index contributed by atoms with van der Waals surface area (Å²) < 4.78 is 34.3. The van der Waals surface area contributed by atoms with Crippen LogP contribution in [0.5, 0.6) is 11.5 Å².